The van der Waals surface area contributed by atoms with E-state index in [0.717, 1.165) is 47.0 Å². The van der Waals surface area contributed by atoms with E-state index in [-0.39, 0.29) is 5.91 Å². The second kappa shape index (κ2) is 7.02. The number of carbonyl (C=O) groups is 1. The van der Waals surface area contributed by atoms with Crippen molar-refractivity contribution in [3.8, 4) is 5.69 Å². The molecule has 1 aromatic carbocycles. The predicted molar refractivity (Wildman–Crippen MR) is 98.1 cm³/mol. The monoisotopic (exact) mass is 348 g/mol. The fraction of sp³-hybridized carbons (Fsp3) is 0.389. The average molecular weight is 349 g/mol. The van der Waals surface area contributed by atoms with Gasteiger partial charge in [0, 0.05) is 28.1 Å². The Bertz CT molecular complexity index is 703. The van der Waals surface area contributed by atoms with Gasteiger partial charge in [0.05, 0.1) is 5.56 Å². The molecule has 0 spiro atoms. The molecule has 1 amide bonds. The summed E-state index contributed by atoms with van der Waals surface area (Å²) in [6.45, 7) is 4.02. The van der Waals surface area contributed by atoms with Crippen LogP contribution in [0.1, 0.15) is 34.6 Å². The third-order valence-electron chi connectivity index (χ3n) is 4.32. The van der Waals surface area contributed by atoms with Gasteiger partial charge in [0.1, 0.15) is 0 Å². The van der Waals surface area contributed by atoms with Crippen LogP contribution in [-0.2, 0) is 0 Å². The third kappa shape index (κ3) is 3.59. The number of aryl methyl sites for hydroxylation is 1. The molecule has 0 atom stereocenters. The third-order valence-corrected chi connectivity index (χ3v) is 5.62. The second-order valence-electron chi connectivity index (χ2n) is 5.96. The number of aromatic nitrogens is 1. The maximum absolute atomic E-state index is 12.6. The topological polar surface area (TPSA) is 34.0 Å². The number of benzene rings is 1. The van der Waals surface area contributed by atoms with E-state index in [1.54, 1.807) is 0 Å². The minimum absolute atomic E-state index is 0.0372. The smallest absolute Gasteiger partial charge is 0.253 e. The van der Waals surface area contributed by atoms with Crippen LogP contribution in [0.3, 0.4) is 0 Å². The largest absolute Gasteiger partial charge is 0.349 e. The first-order valence-electron chi connectivity index (χ1n) is 7.90. The van der Waals surface area contributed by atoms with E-state index in [2.05, 4.69) is 9.88 Å². The predicted octanol–water partition coefficient (Wildman–Crippen LogP) is 4.37. The van der Waals surface area contributed by atoms with Gasteiger partial charge in [-0.05, 0) is 68.5 Å². The molecule has 2 aromatic rings. The van der Waals surface area contributed by atoms with Crippen molar-refractivity contribution in [2.45, 2.75) is 32.7 Å². The molecule has 3 rings (SSSR count). The van der Waals surface area contributed by atoms with E-state index in [1.807, 2.05) is 55.9 Å². The number of nitrogens with one attached hydrogen (secondary N) is 1. The van der Waals surface area contributed by atoms with Gasteiger partial charge in [-0.3, -0.25) is 4.79 Å². The zero-order valence-corrected chi connectivity index (χ0v) is 15.0. The molecule has 0 unspecified atom stereocenters. The number of halogens is 1. The highest BCUT2D eigenvalue weighted by Crippen LogP contribution is 2.23. The number of rotatable bonds is 3. The Morgan fingerprint density at radius 1 is 1.22 bits per heavy atom. The summed E-state index contributed by atoms with van der Waals surface area (Å²) in [6, 6.07) is 9.97. The number of nitrogens with zero attached hydrogens (tertiary/aromatic N) is 1. The van der Waals surface area contributed by atoms with E-state index in [4.69, 9.17) is 11.6 Å². The molecule has 122 valence electrons. The van der Waals surface area contributed by atoms with Gasteiger partial charge in [-0.1, -0.05) is 11.6 Å². The molecule has 1 fully saturated rings. The summed E-state index contributed by atoms with van der Waals surface area (Å²) in [5.74, 6) is 2.30. The van der Waals surface area contributed by atoms with Crippen LogP contribution in [0.15, 0.2) is 30.3 Å². The average Bonchev–Trinajstić information content (AvgIpc) is 2.84. The molecule has 0 bridgehead atoms. The van der Waals surface area contributed by atoms with Crippen LogP contribution in [0.2, 0.25) is 5.02 Å². The molecule has 0 radical (unpaired) electrons. The Kier molecular flexibility index (Phi) is 5.02. The summed E-state index contributed by atoms with van der Waals surface area (Å²) in [4.78, 5) is 12.6. The molecule has 1 aromatic heterocycles. The number of carbonyl (C=O) groups excluding carboxylic acids is 1. The van der Waals surface area contributed by atoms with Crippen LogP contribution in [0.4, 0.5) is 0 Å². The quantitative estimate of drug-likeness (QED) is 0.893. The summed E-state index contributed by atoms with van der Waals surface area (Å²) in [6.07, 6.45) is 2.12. The first-order chi connectivity index (χ1) is 11.1. The van der Waals surface area contributed by atoms with E-state index in [0.29, 0.717) is 11.1 Å². The summed E-state index contributed by atoms with van der Waals surface area (Å²) < 4.78 is 2.10. The number of thioether (sulfide) groups is 1. The molecule has 1 saturated heterocycles. The molecule has 0 aliphatic carbocycles. The molecular weight excluding hydrogens is 328 g/mol. The van der Waals surface area contributed by atoms with Gasteiger partial charge >= 0.3 is 0 Å². The number of hydrogen-bond donors (Lipinski definition) is 1. The van der Waals surface area contributed by atoms with Crippen LogP contribution in [0, 0.1) is 13.8 Å². The standard InChI is InChI=1S/C18H21ClN2OS/c1-12-11-17(18(22)20-15-7-9-23-10-8-15)13(2)21(12)16-5-3-14(19)4-6-16/h3-6,11,15H,7-10H2,1-2H3,(H,20,22). The van der Waals surface area contributed by atoms with Gasteiger partial charge < -0.3 is 9.88 Å². The van der Waals surface area contributed by atoms with Gasteiger partial charge in [0.2, 0.25) is 0 Å². The molecule has 1 N–H and O–H groups in total. The van der Waals surface area contributed by atoms with Gasteiger partial charge in [-0.2, -0.15) is 11.8 Å². The van der Waals surface area contributed by atoms with Crippen molar-refractivity contribution >= 4 is 29.3 Å². The molecule has 3 nitrogen and oxygen atoms in total. The van der Waals surface area contributed by atoms with Gasteiger partial charge in [0.15, 0.2) is 0 Å². The first-order valence-corrected chi connectivity index (χ1v) is 9.43. The summed E-state index contributed by atoms with van der Waals surface area (Å²) in [7, 11) is 0. The summed E-state index contributed by atoms with van der Waals surface area (Å²) >= 11 is 7.93. The highest BCUT2D eigenvalue weighted by atomic mass is 35.5. The van der Waals surface area contributed by atoms with Crippen molar-refractivity contribution in [2.75, 3.05) is 11.5 Å². The fourth-order valence-electron chi connectivity index (χ4n) is 3.09. The van der Waals surface area contributed by atoms with E-state index < -0.39 is 0 Å². The maximum atomic E-state index is 12.6. The highest BCUT2D eigenvalue weighted by molar-refractivity contribution is 7.99. The van der Waals surface area contributed by atoms with Crippen molar-refractivity contribution in [2.24, 2.45) is 0 Å². The Balaban J connectivity index is 1.85. The normalized spacial score (nSPS) is 15.6. The second-order valence-corrected chi connectivity index (χ2v) is 7.62. The first kappa shape index (κ1) is 16.5. The van der Waals surface area contributed by atoms with Crippen LogP contribution >= 0.6 is 23.4 Å². The molecule has 5 heteroatoms. The lowest BCUT2D eigenvalue weighted by molar-refractivity contribution is 0.0934. The molecular formula is C18H21ClN2OS. The van der Waals surface area contributed by atoms with Crippen LogP contribution in [-0.4, -0.2) is 28.0 Å². The van der Waals surface area contributed by atoms with E-state index in [1.165, 1.54) is 0 Å². The molecule has 1 aliphatic heterocycles. The van der Waals surface area contributed by atoms with Crippen molar-refractivity contribution in [3.05, 3.63) is 52.3 Å². The Hall–Kier alpha value is -1.39. The zero-order chi connectivity index (χ0) is 16.4. The summed E-state index contributed by atoms with van der Waals surface area (Å²) in [5.41, 5.74) is 3.80. The Morgan fingerprint density at radius 3 is 2.52 bits per heavy atom. The lowest BCUT2D eigenvalue weighted by Gasteiger charge is -2.22. The van der Waals surface area contributed by atoms with E-state index in [9.17, 15) is 4.79 Å². The van der Waals surface area contributed by atoms with Gasteiger partial charge in [-0.15, -0.1) is 0 Å². The van der Waals surface area contributed by atoms with Crippen LogP contribution in [0.25, 0.3) is 5.69 Å². The Labute approximate surface area is 146 Å². The zero-order valence-electron chi connectivity index (χ0n) is 13.4. The molecule has 2 heterocycles. The lowest BCUT2D eigenvalue weighted by atomic mass is 10.1. The van der Waals surface area contributed by atoms with Gasteiger partial charge in [-0.25, -0.2) is 0 Å². The minimum Gasteiger partial charge on any atom is -0.349 e. The number of amides is 1. The van der Waals surface area contributed by atoms with E-state index >= 15 is 0 Å². The van der Waals surface area contributed by atoms with Crippen molar-refractivity contribution in [1.82, 2.24) is 9.88 Å². The SMILES string of the molecule is Cc1cc(C(=O)NC2CCSCC2)c(C)n1-c1ccc(Cl)cc1. The molecule has 0 saturated carbocycles. The molecule has 23 heavy (non-hydrogen) atoms. The van der Waals surface area contributed by atoms with Crippen molar-refractivity contribution in [3.63, 3.8) is 0 Å². The summed E-state index contributed by atoms with van der Waals surface area (Å²) in [5, 5.41) is 3.90. The highest BCUT2D eigenvalue weighted by Gasteiger charge is 2.21. The number of hydrogen-bond acceptors (Lipinski definition) is 2. The lowest BCUT2D eigenvalue weighted by Crippen LogP contribution is -2.37. The Morgan fingerprint density at radius 2 is 1.87 bits per heavy atom. The van der Waals surface area contributed by atoms with Crippen molar-refractivity contribution < 1.29 is 4.79 Å². The fourth-order valence-corrected chi connectivity index (χ4v) is 4.32. The van der Waals surface area contributed by atoms with Crippen molar-refractivity contribution in [1.29, 1.82) is 0 Å². The minimum atomic E-state index is 0.0372. The maximum Gasteiger partial charge on any atom is 0.253 e. The van der Waals surface area contributed by atoms with Crippen LogP contribution < -0.4 is 5.32 Å². The molecule has 1 aliphatic rings. The van der Waals surface area contributed by atoms with Crippen LogP contribution in [0.5, 0.6) is 0 Å². The van der Waals surface area contributed by atoms with Gasteiger partial charge in [0.25, 0.3) is 5.91 Å².